The summed E-state index contributed by atoms with van der Waals surface area (Å²) in [4.78, 5) is 3.69. The molecule has 0 atom stereocenters. The summed E-state index contributed by atoms with van der Waals surface area (Å²) < 4.78 is 12.1. The number of aromatic nitrogens is 1. The number of hydrogen-bond donors (Lipinski definition) is 0. The van der Waals surface area contributed by atoms with E-state index in [9.17, 15) is 0 Å². The lowest BCUT2D eigenvalue weighted by atomic mass is 10.2. The highest BCUT2D eigenvalue weighted by atomic mass is 16.3. The van der Waals surface area contributed by atoms with Gasteiger partial charge >= 0.3 is 0 Å². The van der Waals surface area contributed by atoms with Crippen molar-refractivity contribution in [1.82, 2.24) is 4.98 Å². The zero-order valence-electron chi connectivity index (χ0n) is 6.82. The quantitative estimate of drug-likeness (QED) is 0.617. The van der Waals surface area contributed by atoms with E-state index in [-0.39, 0.29) is 6.37 Å². The molecule has 0 aliphatic carbocycles. The third-order valence-electron chi connectivity index (χ3n) is 1.45. The normalized spacial score (nSPS) is 11.1. The second kappa shape index (κ2) is 2.58. The van der Waals surface area contributed by atoms with Crippen LogP contribution in [0.3, 0.4) is 0 Å². The molecule has 2 nitrogen and oxygen atoms in total. The molecule has 2 aromatic rings. The van der Waals surface area contributed by atoms with Crippen molar-refractivity contribution in [3.8, 4) is 11.3 Å². The summed E-state index contributed by atoms with van der Waals surface area (Å²) in [6.45, 7) is 0. The lowest BCUT2D eigenvalue weighted by Gasteiger charge is -1.91. The van der Waals surface area contributed by atoms with Gasteiger partial charge < -0.3 is 4.42 Å². The van der Waals surface area contributed by atoms with Crippen molar-refractivity contribution in [3.05, 3.63) is 42.9 Å². The van der Waals surface area contributed by atoms with E-state index in [0.717, 1.165) is 5.56 Å². The Hall–Kier alpha value is -1.57. The van der Waals surface area contributed by atoms with E-state index in [4.69, 9.17) is 5.79 Å². The number of hydrogen-bond acceptors (Lipinski definition) is 2. The van der Waals surface area contributed by atoms with Crippen LogP contribution >= 0.6 is 0 Å². The third kappa shape index (κ3) is 1.15. The zero-order valence-corrected chi connectivity index (χ0v) is 5.82. The maximum Gasteiger partial charge on any atom is 0.181 e. The summed E-state index contributed by atoms with van der Waals surface area (Å²) in [6.07, 6.45) is 1.51. The first-order valence-corrected chi connectivity index (χ1v) is 3.34. The zero-order chi connectivity index (χ0) is 8.39. The molecule has 1 aromatic heterocycles. The number of oxazole rings is 1. The lowest BCUT2D eigenvalue weighted by molar-refractivity contribution is 0.572. The van der Waals surface area contributed by atoms with E-state index in [1.165, 1.54) is 0 Å². The van der Waals surface area contributed by atoms with Gasteiger partial charge in [-0.1, -0.05) is 30.3 Å². The van der Waals surface area contributed by atoms with E-state index in [0.29, 0.717) is 5.76 Å². The van der Waals surface area contributed by atoms with Crippen molar-refractivity contribution in [1.29, 1.82) is 0 Å². The minimum atomic E-state index is -0.0474. The van der Waals surface area contributed by atoms with Gasteiger partial charge in [-0.15, -0.1) is 0 Å². The molecular formula is C9H7NO. The van der Waals surface area contributed by atoms with Crippen LogP contribution in [0.5, 0.6) is 0 Å². The van der Waals surface area contributed by atoms with E-state index in [1.54, 1.807) is 6.20 Å². The van der Waals surface area contributed by atoms with Gasteiger partial charge in [-0.25, -0.2) is 4.98 Å². The third-order valence-corrected chi connectivity index (χ3v) is 1.45. The van der Waals surface area contributed by atoms with Crippen molar-refractivity contribution in [2.75, 3.05) is 0 Å². The van der Waals surface area contributed by atoms with Gasteiger partial charge in [0.1, 0.15) is 1.37 Å². The van der Waals surface area contributed by atoms with E-state index < -0.39 is 0 Å². The summed E-state index contributed by atoms with van der Waals surface area (Å²) in [5.74, 6) is 0.639. The molecule has 0 bridgehead atoms. The van der Waals surface area contributed by atoms with Gasteiger partial charge in [0.05, 0.1) is 6.20 Å². The summed E-state index contributed by atoms with van der Waals surface area (Å²) in [7, 11) is 0. The first kappa shape index (κ1) is 5.13. The second-order valence-electron chi connectivity index (χ2n) is 2.18. The van der Waals surface area contributed by atoms with Crippen molar-refractivity contribution < 1.29 is 5.79 Å². The fourth-order valence-electron chi connectivity index (χ4n) is 0.923. The van der Waals surface area contributed by atoms with Crippen LogP contribution in [0.15, 0.2) is 47.3 Å². The van der Waals surface area contributed by atoms with Crippen LogP contribution in [0.4, 0.5) is 0 Å². The van der Waals surface area contributed by atoms with Crippen LogP contribution in [-0.2, 0) is 0 Å². The molecule has 0 aliphatic rings. The fourth-order valence-corrected chi connectivity index (χ4v) is 0.923. The van der Waals surface area contributed by atoms with Crippen LogP contribution in [0.2, 0.25) is 0 Å². The minimum absolute atomic E-state index is 0.0474. The van der Waals surface area contributed by atoms with Crippen LogP contribution < -0.4 is 0 Å². The fraction of sp³-hybridized carbons (Fsp3) is 0. The van der Waals surface area contributed by atoms with E-state index >= 15 is 0 Å². The van der Waals surface area contributed by atoms with Crippen LogP contribution in [-0.4, -0.2) is 4.98 Å². The molecule has 0 aliphatic heterocycles. The van der Waals surface area contributed by atoms with Gasteiger partial charge in [0.25, 0.3) is 0 Å². The standard InChI is InChI=1S/C9H7NO/c1-2-4-8(5-3-1)9-6-10-7-11-9/h1-7H/i7D. The van der Waals surface area contributed by atoms with Gasteiger partial charge in [0, 0.05) is 5.56 Å². The molecule has 1 heterocycles. The Morgan fingerprint density at radius 1 is 1.27 bits per heavy atom. The first-order valence-electron chi connectivity index (χ1n) is 3.84. The maximum atomic E-state index is 7.09. The van der Waals surface area contributed by atoms with Crippen LogP contribution in [0.25, 0.3) is 11.3 Å². The monoisotopic (exact) mass is 146 g/mol. The summed E-state index contributed by atoms with van der Waals surface area (Å²) in [5, 5.41) is 0. The Morgan fingerprint density at radius 3 is 2.73 bits per heavy atom. The molecule has 0 saturated heterocycles. The van der Waals surface area contributed by atoms with Crippen LogP contribution in [0, 0.1) is 0 Å². The molecule has 1 aromatic carbocycles. The maximum absolute atomic E-state index is 7.09. The highest BCUT2D eigenvalue weighted by molar-refractivity contribution is 5.55. The Bertz CT molecular complexity index is 369. The Morgan fingerprint density at radius 2 is 2.09 bits per heavy atom. The summed E-state index contributed by atoms with van der Waals surface area (Å²) >= 11 is 0. The summed E-state index contributed by atoms with van der Waals surface area (Å²) in [5.41, 5.74) is 0.948. The largest absolute Gasteiger partial charge is 0.444 e. The predicted molar refractivity (Wildman–Crippen MR) is 41.9 cm³/mol. The van der Waals surface area contributed by atoms with E-state index in [1.807, 2.05) is 30.3 Å². The Balaban J connectivity index is 2.45. The van der Waals surface area contributed by atoms with E-state index in [2.05, 4.69) is 4.98 Å². The molecule has 0 unspecified atom stereocenters. The number of nitrogens with zero attached hydrogens (tertiary/aromatic N) is 1. The first-order chi connectivity index (χ1) is 5.86. The van der Waals surface area contributed by atoms with Gasteiger partial charge in [0.15, 0.2) is 12.1 Å². The average Bonchev–Trinajstić information content (AvgIpc) is 2.54. The van der Waals surface area contributed by atoms with Gasteiger partial charge in [0.2, 0.25) is 0 Å². The van der Waals surface area contributed by atoms with Crippen LogP contribution in [0.1, 0.15) is 1.37 Å². The molecule has 0 amide bonds. The van der Waals surface area contributed by atoms with Gasteiger partial charge in [-0.05, 0) is 0 Å². The average molecular weight is 146 g/mol. The van der Waals surface area contributed by atoms with Crippen molar-refractivity contribution in [2.24, 2.45) is 0 Å². The highest BCUT2D eigenvalue weighted by Crippen LogP contribution is 2.16. The molecule has 11 heavy (non-hydrogen) atoms. The predicted octanol–water partition coefficient (Wildman–Crippen LogP) is 2.34. The second-order valence-corrected chi connectivity index (χ2v) is 2.18. The molecule has 0 N–H and O–H groups in total. The minimum Gasteiger partial charge on any atom is -0.444 e. The Labute approximate surface area is 65.9 Å². The molecule has 0 fully saturated rings. The molecule has 54 valence electrons. The molecule has 0 saturated carbocycles. The highest BCUT2D eigenvalue weighted by Gasteiger charge is 1.97. The molecule has 2 rings (SSSR count). The van der Waals surface area contributed by atoms with Crippen molar-refractivity contribution in [3.63, 3.8) is 0 Å². The summed E-state index contributed by atoms with van der Waals surface area (Å²) in [6, 6.07) is 9.60. The molecule has 2 heteroatoms. The lowest BCUT2D eigenvalue weighted by Crippen LogP contribution is -1.69. The topological polar surface area (TPSA) is 26.0 Å². The molecule has 0 spiro atoms. The SMILES string of the molecule is [2H]c1ncc(-c2ccccc2)o1. The number of rotatable bonds is 1. The number of benzene rings is 1. The van der Waals surface area contributed by atoms with Crippen molar-refractivity contribution >= 4 is 0 Å². The molecular weight excluding hydrogens is 138 g/mol. The Kier molecular flexibility index (Phi) is 1.20. The van der Waals surface area contributed by atoms with Gasteiger partial charge in [-0.2, -0.15) is 0 Å². The van der Waals surface area contributed by atoms with Crippen molar-refractivity contribution in [2.45, 2.75) is 0 Å². The smallest absolute Gasteiger partial charge is 0.181 e. The van der Waals surface area contributed by atoms with Gasteiger partial charge in [-0.3, -0.25) is 0 Å². The molecule has 0 radical (unpaired) electrons.